The molecule has 1 N–H and O–H groups in total. The average molecular weight is 301 g/mol. The van der Waals surface area contributed by atoms with Crippen molar-refractivity contribution in [1.29, 1.82) is 0 Å². The van der Waals surface area contributed by atoms with Crippen molar-refractivity contribution in [3.63, 3.8) is 0 Å². The van der Waals surface area contributed by atoms with E-state index in [0.29, 0.717) is 13.0 Å². The van der Waals surface area contributed by atoms with Crippen LogP contribution in [0, 0.1) is 12.8 Å². The lowest BCUT2D eigenvalue weighted by atomic mass is 10.1. The Morgan fingerprint density at radius 3 is 2.68 bits per heavy atom. The van der Waals surface area contributed by atoms with Gasteiger partial charge in [-0.25, -0.2) is 0 Å². The minimum Gasteiger partial charge on any atom is -0.453 e. The molecule has 118 valence electrons. The Morgan fingerprint density at radius 1 is 1.32 bits per heavy atom. The Kier molecular flexibility index (Phi) is 5.75. The first-order valence-electron chi connectivity index (χ1n) is 7.74. The lowest BCUT2D eigenvalue weighted by Gasteiger charge is -2.15. The molecule has 4 heteroatoms. The lowest BCUT2D eigenvalue weighted by Crippen LogP contribution is -2.35. The Labute approximate surface area is 131 Å². The molecular weight excluding hydrogens is 278 g/mol. The smallest absolute Gasteiger partial charge is 0.307 e. The summed E-state index contributed by atoms with van der Waals surface area (Å²) < 4.78 is 5.20. The average Bonchev–Trinajstić information content (AvgIpc) is 2.99. The van der Waals surface area contributed by atoms with Crippen molar-refractivity contribution >= 4 is 11.9 Å². The van der Waals surface area contributed by atoms with E-state index < -0.39 is 6.10 Å². The van der Waals surface area contributed by atoms with Crippen LogP contribution in [-0.4, -0.2) is 18.0 Å². The van der Waals surface area contributed by atoms with Gasteiger partial charge in [-0.2, -0.15) is 0 Å². The highest BCUT2D eigenvalue weighted by atomic mass is 16.5. The van der Waals surface area contributed by atoms with E-state index in [-0.39, 0.29) is 17.8 Å². The molecule has 0 aliphatic heterocycles. The third-order valence-corrected chi connectivity index (χ3v) is 3.81. The molecule has 0 bridgehead atoms. The first kappa shape index (κ1) is 16.3. The van der Waals surface area contributed by atoms with Crippen LogP contribution in [0.25, 0.3) is 0 Å². The third kappa shape index (κ3) is 5.02. The highest BCUT2D eigenvalue weighted by Crippen LogP contribution is 2.20. The Balaban J connectivity index is 1.72. The molecule has 0 saturated carbocycles. The second-order valence-electron chi connectivity index (χ2n) is 5.81. The fourth-order valence-corrected chi connectivity index (χ4v) is 2.42. The van der Waals surface area contributed by atoms with E-state index in [1.54, 1.807) is 6.92 Å². The molecule has 0 fully saturated rings. The minimum atomic E-state index is -0.761. The van der Waals surface area contributed by atoms with Gasteiger partial charge in [0.05, 0.1) is 6.42 Å². The monoisotopic (exact) mass is 301 g/mol. The Morgan fingerprint density at radius 2 is 2.05 bits per heavy atom. The van der Waals surface area contributed by atoms with E-state index in [9.17, 15) is 9.59 Å². The molecule has 0 radical (unpaired) electrons. The summed E-state index contributed by atoms with van der Waals surface area (Å²) in [7, 11) is 0. The van der Waals surface area contributed by atoms with Crippen molar-refractivity contribution in [1.82, 2.24) is 5.32 Å². The molecule has 4 nitrogen and oxygen atoms in total. The standard InChI is InChI=1S/C18H23NO3/c1-13-7-9-16(10-8-13)12-19-18(21)14(2)22-17(20)11-15-5-3-4-6-15/h3,5,7-10,14-15H,4,6,11-12H2,1-2H3,(H,19,21)/t14-,15+/m0/s1. The summed E-state index contributed by atoms with van der Waals surface area (Å²) in [5, 5.41) is 2.79. The molecule has 2 rings (SSSR count). The van der Waals surface area contributed by atoms with Crippen LogP contribution in [0.4, 0.5) is 0 Å². The molecule has 1 aromatic carbocycles. The topological polar surface area (TPSA) is 55.4 Å². The highest BCUT2D eigenvalue weighted by Gasteiger charge is 2.20. The molecule has 22 heavy (non-hydrogen) atoms. The molecule has 2 atom stereocenters. The number of carbonyl (C=O) groups excluding carboxylic acids is 2. The highest BCUT2D eigenvalue weighted by molar-refractivity contribution is 5.83. The first-order valence-corrected chi connectivity index (χ1v) is 7.74. The molecule has 1 aliphatic carbocycles. The van der Waals surface area contributed by atoms with Crippen molar-refractivity contribution in [3.8, 4) is 0 Å². The summed E-state index contributed by atoms with van der Waals surface area (Å²) >= 11 is 0. The van der Waals surface area contributed by atoms with Gasteiger partial charge >= 0.3 is 5.97 Å². The van der Waals surface area contributed by atoms with E-state index in [0.717, 1.165) is 18.4 Å². The second-order valence-corrected chi connectivity index (χ2v) is 5.81. The van der Waals surface area contributed by atoms with Gasteiger partial charge in [-0.15, -0.1) is 0 Å². The first-order chi connectivity index (χ1) is 10.5. The van der Waals surface area contributed by atoms with Gasteiger partial charge in [-0.3, -0.25) is 9.59 Å². The molecular formula is C18H23NO3. The fraction of sp³-hybridized carbons (Fsp3) is 0.444. The molecule has 0 aromatic heterocycles. The van der Waals surface area contributed by atoms with Gasteiger partial charge in [0.1, 0.15) is 0 Å². The summed E-state index contributed by atoms with van der Waals surface area (Å²) in [5.74, 6) is -0.319. The number of esters is 1. The predicted octanol–water partition coefficient (Wildman–Crippen LogP) is 2.90. The summed E-state index contributed by atoms with van der Waals surface area (Å²) in [6, 6.07) is 7.94. The number of hydrogen-bond donors (Lipinski definition) is 1. The van der Waals surface area contributed by atoms with Gasteiger partial charge in [0, 0.05) is 6.54 Å². The number of carbonyl (C=O) groups is 2. The van der Waals surface area contributed by atoms with Gasteiger partial charge in [0.2, 0.25) is 0 Å². The summed E-state index contributed by atoms with van der Waals surface area (Å²) in [5.41, 5.74) is 2.20. The van der Waals surface area contributed by atoms with Crippen LogP contribution in [0.3, 0.4) is 0 Å². The summed E-state index contributed by atoms with van der Waals surface area (Å²) in [6.07, 6.45) is 5.72. The number of rotatable bonds is 6. The van der Waals surface area contributed by atoms with Crippen molar-refractivity contribution < 1.29 is 14.3 Å². The number of ether oxygens (including phenoxy) is 1. The molecule has 0 unspecified atom stereocenters. The number of aryl methyl sites for hydroxylation is 1. The van der Waals surface area contributed by atoms with E-state index in [4.69, 9.17) is 4.74 Å². The SMILES string of the molecule is Cc1ccc(CNC(=O)[C@H](C)OC(=O)C[C@@H]2C=CCC2)cc1. The number of hydrogen-bond acceptors (Lipinski definition) is 3. The quantitative estimate of drug-likeness (QED) is 0.649. The van der Waals surface area contributed by atoms with Gasteiger partial charge in [0.25, 0.3) is 5.91 Å². The number of benzene rings is 1. The van der Waals surface area contributed by atoms with Crippen LogP contribution < -0.4 is 5.32 Å². The van der Waals surface area contributed by atoms with Crippen LogP contribution >= 0.6 is 0 Å². The fourth-order valence-electron chi connectivity index (χ4n) is 2.42. The molecule has 1 aromatic rings. The van der Waals surface area contributed by atoms with Crippen LogP contribution in [0.1, 0.15) is 37.3 Å². The third-order valence-electron chi connectivity index (χ3n) is 3.81. The largest absolute Gasteiger partial charge is 0.453 e. The van der Waals surface area contributed by atoms with Gasteiger partial charge in [-0.1, -0.05) is 42.0 Å². The van der Waals surface area contributed by atoms with E-state index in [2.05, 4.69) is 11.4 Å². The maximum Gasteiger partial charge on any atom is 0.307 e. The summed E-state index contributed by atoms with van der Waals surface area (Å²) in [6.45, 7) is 4.06. The zero-order valence-electron chi connectivity index (χ0n) is 13.2. The molecule has 1 amide bonds. The zero-order chi connectivity index (χ0) is 15.9. The zero-order valence-corrected chi connectivity index (χ0v) is 13.2. The predicted molar refractivity (Wildman–Crippen MR) is 85.1 cm³/mol. The lowest BCUT2D eigenvalue weighted by molar-refractivity contribution is -0.155. The number of nitrogens with one attached hydrogen (secondary N) is 1. The molecule has 0 spiro atoms. The number of allylic oxidation sites excluding steroid dienone is 2. The van der Waals surface area contributed by atoms with Gasteiger partial charge in [0.15, 0.2) is 6.10 Å². The van der Waals surface area contributed by atoms with E-state index in [1.165, 1.54) is 5.56 Å². The molecule has 1 aliphatic rings. The van der Waals surface area contributed by atoms with Crippen molar-refractivity contribution in [2.24, 2.45) is 5.92 Å². The van der Waals surface area contributed by atoms with E-state index >= 15 is 0 Å². The van der Waals surface area contributed by atoms with Gasteiger partial charge < -0.3 is 10.1 Å². The van der Waals surface area contributed by atoms with Gasteiger partial charge in [-0.05, 0) is 38.2 Å². The Bertz CT molecular complexity index is 548. The minimum absolute atomic E-state index is 0.260. The summed E-state index contributed by atoms with van der Waals surface area (Å²) in [4.78, 5) is 23.7. The maximum atomic E-state index is 12.0. The van der Waals surface area contributed by atoms with Crippen LogP contribution in [0.15, 0.2) is 36.4 Å². The van der Waals surface area contributed by atoms with Crippen molar-refractivity contribution in [2.75, 3.05) is 0 Å². The normalized spacial score (nSPS) is 18.0. The van der Waals surface area contributed by atoms with Crippen LogP contribution in [-0.2, 0) is 20.9 Å². The number of amides is 1. The maximum absolute atomic E-state index is 12.0. The molecule has 0 saturated heterocycles. The van der Waals surface area contributed by atoms with Crippen LogP contribution in [0.5, 0.6) is 0 Å². The Hall–Kier alpha value is -2.10. The van der Waals surface area contributed by atoms with Crippen molar-refractivity contribution in [3.05, 3.63) is 47.5 Å². The van der Waals surface area contributed by atoms with Crippen molar-refractivity contribution in [2.45, 2.75) is 45.8 Å². The van der Waals surface area contributed by atoms with Crippen LogP contribution in [0.2, 0.25) is 0 Å². The molecule has 0 heterocycles. The second kappa shape index (κ2) is 7.78. The van der Waals surface area contributed by atoms with E-state index in [1.807, 2.05) is 37.3 Å².